The number of hydrogen-bond donors (Lipinski definition) is 1. The van der Waals surface area contributed by atoms with Crippen LogP contribution in [0.15, 0.2) is 28.7 Å². The van der Waals surface area contributed by atoms with Gasteiger partial charge >= 0.3 is 6.09 Å². The van der Waals surface area contributed by atoms with E-state index in [4.69, 9.17) is 4.74 Å². The smallest absolute Gasteiger partial charge is 0.407 e. The number of alkyl carbamates (subject to hydrolysis) is 1. The molecule has 4 nitrogen and oxygen atoms in total. The zero-order valence-electron chi connectivity index (χ0n) is 13.6. The quantitative estimate of drug-likeness (QED) is 0.882. The monoisotopic (exact) mass is 368 g/mol. The highest BCUT2D eigenvalue weighted by molar-refractivity contribution is 9.10. The van der Waals surface area contributed by atoms with Gasteiger partial charge in [-0.05, 0) is 51.3 Å². The highest BCUT2D eigenvalue weighted by atomic mass is 79.9. The Morgan fingerprint density at radius 1 is 1.36 bits per heavy atom. The van der Waals surface area contributed by atoms with Crippen molar-refractivity contribution in [2.45, 2.75) is 45.3 Å². The molecule has 1 aliphatic rings. The first-order valence-electron chi connectivity index (χ1n) is 7.78. The second-order valence-corrected chi connectivity index (χ2v) is 7.72. The molecule has 22 heavy (non-hydrogen) atoms. The Kier molecular flexibility index (Phi) is 5.87. The molecule has 1 aliphatic heterocycles. The van der Waals surface area contributed by atoms with Crippen molar-refractivity contribution in [3.05, 3.63) is 34.3 Å². The standard InChI is InChI=1S/C17H25BrN2O2/c1-17(2,3)22-16(21)19-15-9-11-20(12-15)10-8-13-4-6-14(18)7-5-13/h4-7,15H,8-12H2,1-3H3,(H,19,21). The van der Waals surface area contributed by atoms with Gasteiger partial charge in [0.25, 0.3) is 0 Å². The molecule has 1 atom stereocenters. The Hall–Kier alpha value is -1.07. The minimum atomic E-state index is -0.441. The number of carbonyl (C=O) groups is 1. The van der Waals surface area contributed by atoms with E-state index in [1.54, 1.807) is 0 Å². The molecule has 1 fully saturated rings. The number of rotatable bonds is 4. The maximum Gasteiger partial charge on any atom is 0.407 e. The van der Waals surface area contributed by atoms with E-state index in [0.29, 0.717) is 0 Å². The summed E-state index contributed by atoms with van der Waals surface area (Å²) < 4.78 is 6.41. The van der Waals surface area contributed by atoms with Crippen molar-refractivity contribution in [2.24, 2.45) is 0 Å². The van der Waals surface area contributed by atoms with Gasteiger partial charge in [-0.3, -0.25) is 0 Å². The van der Waals surface area contributed by atoms with E-state index < -0.39 is 5.60 Å². The molecule has 5 heteroatoms. The van der Waals surface area contributed by atoms with E-state index in [2.05, 4.69) is 50.4 Å². The molecule has 1 aromatic carbocycles. The minimum absolute atomic E-state index is 0.194. The third-order valence-corrected chi connectivity index (χ3v) is 4.15. The Labute approximate surface area is 141 Å². The third-order valence-electron chi connectivity index (χ3n) is 3.62. The molecule has 0 aliphatic carbocycles. The number of nitrogens with zero attached hydrogens (tertiary/aromatic N) is 1. The van der Waals surface area contributed by atoms with Crippen LogP contribution < -0.4 is 5.32 Å². The van der Waals surface area contributed by atoms with Crippen LogP contribution in [0.4, 0.5) is 4.79 Å². The lowest BCUT2D eigenvalue weighted by molar-refractivity contribution is 0.0506. The SMILES string of the molecule is CC(C)(C)OC(=O)NC1CCN(CCc2ccc(Br)cc2)C1. The van der Waals surface area contributed by atoms with Crippen LogP contribution in [0, 0.1) is 0 Å². The van der Waals surface area contributed by atoms with Gasteiger partial charge < -0.3 is 15.0 Å². The molecule has 1 aromatic rings. The summed E-state index contributed by atoms with van der Waals surface area (Å²) in [5, 5.41) is 2.96. The second-order valence-electron chi connectivity index (χ2n) is 6.81. The van der Waals surface area contributed by atoms with E-state index in [1.165, 1.54) is 5.56 Å². The summed E-state index contributed by atoms with van der Waals surface area (Å²) in [4.78, 5) is 14.2. The van der Waals surface area contributed by atoms with Gasteiger partial charge in [-0.25, -0.2) is 4.79 Å². The van der Waals surface area contributed by atoms with Crippen molar-refractivity contribution in [3.63, 3.8) is 0 Å². The lowest BCUT2D eigenvalue weighted by Crippen LogP contribution is -2.40. The molecular formula is C17H25BrN2O2. The van der Waals surface area contributed by atoms with Gasteiger partial charge in [-0.2, -0.15) is 0 Å². The molecule has 1 N–H and O–H groups in total. The van der Waals surface area contributed by atoms with Crippen LogP contribution in [0.3, 0.4) is 0 Å². The van der Waals surface area contributed by atoms with E-state index >= 15 is 0 Å². The summed E-state index contributed by atoms with van der Waals surface area (Å²) in [6.45, 7) is 8.59. The van der Waals surface area contributed by atoms with Crippen molar-refractivity contribution < 1.29 is 9.53 Å². The van der Waals surface area contributed by atoms with Crippen LogP contribution in [0.2, 0.25) is 0 Å². The van der Waals surface area contributed by atoms with Crippen molar-refractivity contribution in [1.82, 2.24) is 10.2 Å². The molecular weight excluding hydrogens is 344 g/mol. The number of ether oxygens (including phenoxy) is 1. The first-order chi connectivity index (χ1) is 10.3. The maximum atomic E-state index is 11.8. The summed E-state index contributed by atoms with van der Waals surface area (Å²) in [6, 6.07) is 8.64. The van der Waals surface area contributed by atoms with Crippen LogP contribution in [0.5, 0.6) is 0 Å². The summed E-state index contributed by atoms with van der Waals surface area (Å²) in [6.07, 6.45) is 1.71. The van der Waals surface area contributed by atoms with Gasteiger partial charge in [0.1, 0.15) is 5.60 Å². The first kappa shape index (κ1) is 17.3. The summed E-state index contributed by atoms with van der Waals surface area (Å²) in [7, 11) is 0. The fraction of sp³-hybridized carbons (Fsp3) is 0.588. The molecule has 1 amide bonds. The lowest BCUT2D eigenvalue weighted by atomic mass is 10.1. The first-order valence-corrected chi connectivity index (χ1v) is 8.57. The van der Waals surface area contributed by atoms with Crippen molar-refractivity contribution in [1.29, 1.82) is 0 Å². The number of nitrogens with one attached hydrogen (secondary N) is 1. The van der Waals surface area contributed by atoms with Crippen molar-refractivity contribution in [3.8, 4) is 0 Å². The van der Waals surface area contributed by atoms with Crippen LogP contribution in [0.25, 0.3) is 0 Å². The topological polar surface area (TPSA) is 41.6 Å². The predicted molar refractivity (Wildman–Crippen MR) is 92.1 cm³/mol. The van der Waals surface area contributed by atoms with Crippen molar-refractivity contribution >= 4 is 22.0 Å². The highest BCUT2D eigenvalue weighted by Gasteiger charge is 2.25. The predicted octanol–water partition coefficient (Wildman–Crippen LogP) is 3.59. The molecule has 1 unspecified atom stereocenters. The summed E-state index contributed by atoms with van der Waals surface area (Å²) in [5.74, 6) is 0. The maximum absolute atomic E-state index is 11.8. The van der Waals surface area contributed by atoms with E-state index in [-0.39, 0.29) is 12.1 Å². The average molecular weight is 369 g/mol. The molecule has 0 aromatic heterocycles. The van der Waals surface area contributed by atoms with Crippen LogP contribution in [-0.2, 0) is 11.2 Å². The number of likely N-dealkylation sites (tertiary alicyclic amines) is 1. The average Bonchev–Trinajstić information content (AvgIpc) is 2.83. The molecule has 1 heterocycles. The van der Waals surface area contributed by atoms with Crippen molar-refractivity contribution in [2.75, 3.05) is 19.6 Å². The minimum Gasteiger partial charge on any atom is -0.444 e. The zero-order chi connectivity index (χ0) is 16.2. The van der Waals surface area contributed by atoms with E-state index in [9.17, 15) is 4.79 Å². The van der Waals surface area contributed by atoms with Crippen LogP contribution in [0.1, 0.15) is 32.8 Å². The Morgan fingerprint density at radius 2 is 2.05 bits per heavy atom. The normalized spacial score (nSPS) is 19.2. The molecule has 1 saturated heterocycles. The van der Waals surface area contributed by atoms with Gasteiger partial charge in [-0.1, -0.05) is 28.1 Å². The van der Waals surface area contributed by atoms with Gasteiger partial charge in [0.15, 0.2) is 0 Å². The Balaban J connectivity index is 1.71. The van der Waals surface area contributed by atoms with Gasteiger partial charge in [0.05, 0.1) is 0 Å². The number of halogens is 1. The third kappa shape index (κ3) is 5.97. The van der Waals surface area contributed by atoms with Gasteiger partial charge in [0.2, 0.25) is 0 Å². The highest BCUT2D eigenvalue weighted by Crippen LogP contribution is 2.14. The van der Waals surface area contributed by atoms with E-state index in [1.807, 2.05) is 20.8 Å². The zero-order valence-corrected chi connectivity index (χ0v) is 15.1. The van der Waals surface area contributed by atoms with Gasteiger partial charge in [0, 0.05) is 30.1 Å². The molecule has 0 bridgehead atoms. The number of carbonyl (C=O) groups excluding carboxylic acids is 1. The number of hydrogen-bond acceptors (Lipinski definition) is 3. The summed E-state index contributed by atoms with van der Waals surface area (Å²) in [5.41, 5.74) is 0.899. The molecule has 0 spiro atoms. The Morgan fingerprint density at radius 3 is 2.68 bits per heavy atom. The number of benzene rings is 1. The Bertz CT molecular complexity index is 496. The summed E-state index contributed by atoms with van der Waals surface area (Å²) >= 11 is 3.45. The largest absolute Gasteiger partial charge is 0.444 e. The second kappa shape index (κ2) is 7.47. The fourth-order valence-electron chi connectivity index (χ4n) is 2.57. The molecule has 0 saturated carbocycles. The van der Waals surface area contributed by atoms with Crippen LogP contribution >= 0.6 is 15.9 Å². The molecule has 0 radical (unpaired) electrons. The lowest BCUT2D eigenvalue weighted by Gasteiger charge is -2.22. The van der Waals surface area contributed by atoms with Crippen LogP contribution in [-0.4, -0.2) is 42.3 Å². The number of amides is 1. The molecule has 2 rings (SSSR count). The fourth-order valence-corrected chi connectivity index (χ4v) is 2.83. The van der Waals surface area contributed by atoms with Gasteiger partial charge in [-0.15, -0.1) is 0 Å². The van der Waals surface area contributed by atoms with E-state index in [0.717, 1.165) is 36.9 Å². The molecule has 122 valence electrons.